The van der Waals surface area contributed by atoms with Gasteiger partial charge in [0.25, 0.3) is 0 Å². The second-order valence-corrected chi connectivity index (χ2v) is 2.36. The molecule has 0 saturated heterocycles. The molecule has 1 aromatic carbocycles. The van der Waals surface area contributed by atoms with Gasteiger partial charge in [0, 0.05) is 17.7 Å². The summed E-state index contributed by atoms with van der Waals surface area (Å²) in [5.41, 5.74) is 11.3. The van der Waals surface area contributed by atoms with Crippen LogP contribution in [0.1, 0.15) is 37.6 Å². The number of Topliss-reactive ketones (excluding diaryl/α,β-unsaturated/α-hetero) is 1. The maximum Gasteiger partial charge on any atom is 0.164 e. The summed E-state index contributed by atoms with van der Waals surface area (Å²) >= 11 is 0. The van der Waals surface area contributed by atoms with Crippen molar-refractivity contribution in [3.63, 3.8) is 0 Å². The van der Waals surface area contributed by atoms with Crippen LogP contribution in [0, 0.1) is 0 Å². The predicted molar refractivity (Wildman–Crippen MR) is 66.9 cm³/mol. The number of benzene rings is 1. The monoisotopic (exact) mass is 210 g/mol. The van der Waals surface area contributed by atoms with Crippen molar-refractivity contribution in [1.82, 2.24) is 0 Å². The van der Waals surface area contributed by atoms with Crippen molar-refractivity contribution in [1.29, 1.82) is 0 Å². The van der Waals surface area contributed by atoms with Crippen LogP contribution < -0.4 is 11.5 Å². The molecule has 15 heavy (non-hydrogen) atoms. The summed E-state index contributed by atoms with van der Waals surface area (Å²) in [6.45, 7) is 5.83. The maximum atomic E-state index is 11.2. The Morgan fingerprint density at radius 2 is 1.67 bits per heavy atom. The number of hydrogen-bond donors (Lipinski definition) is 2. The number of anilines is 1. The number of hydrogen-bond acceptors (Lipinski definition) is 3. The molecule has 3 nitrogen and oxygen atoms in total. The molecule has 0 aliphatic rings. The van der Waals surface area contributed by atoms with Gasteiger partial charge >= 0.3 is 0 Å². The van der Waals surface area contributed by atoms with Gasteiger partial charge in [-0.3, -0.25) is 4.79 Å². The highest BCUT2D eigenvalue weighted by Crippen LogP contribution is 2.11. The summed E-state index contributed by atoms with van der Waals surface area (Å²) in [5.74, 6) is 0.100. The number of rotatable bonds is 2. The largest absolute Gasteiger partial charge is 0.398 e. The van der Waals surface area contributed by atoms with E-state index in [0.717, 1.165) is 0 Å². The van der Waals surface area contributed by atoms with Crippen molar-refractivity contribution in [2.45, 2.75) is 27.2 Å². The zero-order chi connectivity index (χ0) is 12.3. The number of carbonyl (C=O) groups excluding carboxylic acids is 1. The average molecular weight is 210 g/mol. The number of nitrogens with two attached hydrogens (primary N) is 2. The average Bonchev–Trinajstić information content (AvgIpc) is 2.34. The molecule has 0 radical (unpaired) electrons. The second kappa shape index (κ2) is 10.7. The molecule has 4 N–H and O–H groups in total. The number of ketones is 1. The van der Waals surface area contributed by atoms with E-state index in [1.807, 2.05) is 32.9 Å². The van der Waals surface area contributed by atoms with Gasteiger partial charge in [0.05, 0.1) is 0 Å². The zero-order valence-electron chi connectivity index (χ0n) is 10.1. The molecule has 0 aromatic heterocycles. The molecular weight excluding hydrogens is 188 g/mol. The fourth-order valence-corrected chi connectivity index (χ4v) is 0.941. The molecule has 1 aromatic rings. The molecule has 86 valence electrons. The summed E-state index contributed by atoms with van der Waals surface area (Å²) < 4.78 is 0. The van der Waals surface area contributed by atoms with E-state index < -0.39 is 0 Å². The quantitative estimate of drug-likeness (QED) is 0.582. The van der Waals surface area contributed by atoms with Crippen molar-refractivity contribution >= 4 is 11.5 Å². The standard InChI is InChI=1S/C9H11NO.C2H6.CH5N/c1-2-9(11)7-5-3-4-6-8(7)10;2*1-2/h3-6H,2,10H2,1H3;1-2H3;2H2,1H3. The molecule has 0 aliphatic carbocycles. The van der Waals surface area contributed by atoms with Gasteiger partial charge in [0.15, 0.2) is 5.78 Å². The first kappa shape index (κ1) is 16.1. The first-order chi connectivity index (χ1) is 7.25. The molecule has 3 heteroatoms. The van der Waals surface area contributed by atoms with Crippen molar-refractivity contribution in [3.05, 3.63) is 29.8 Å². The van der Waals surface area contributed by atoms with Crippen LogP contribution in [0.25, 0.3) is 0 Å². The van der Waals surface area contributed by atoms with Crippen LogP contribution >= 0.6 is 0 Å². The van der Waals surface area contributed by atoms with E-state index in [0.29, 0.717) is 17.7 Å². The smallest absolute Gasteiger partial charge is 0.164 e. The lowest BCUT2D eigenvalue weighted by Gasteiger charge is -2.00. The van der Waals surface area contributed by atoms with Crippen LogP contribution in [0.4, 0.5) is 5.69 Å². The third-order valence-electron chi connectivity index (χ3n) is 1.58. The molecule has 0 atom stereocenters. The Morgan fingerprint density at radius 3 is 2.07 bits per heavy atom. The molecule has 0 unspecified atom stereocenters. The normalized spacial score (nSPS) is 7.80. The maximum absolute atomic E-state index is 11.2. The van der Waals surface area contributed by atoms with E-state index in [2.05, 4.69) is 5.73 Å². The number of para-hydroxylation sites is 1. The van der Waals surface area contributed by atoms with Crippen LogP contribution in [0.15, 0.2) is 24.3 Å². The minimum absolute atomic E-state index is 0.100. The minimum atomic E-state index is 0.100. The molecular formula is C12H22N2O. The highest BCUT2D eigenvalue weighted by Gasteiger charge is 2.04. The van der Waals surface area contributed by atoms with Crippen molar-refractivity contribution < 1.29 is 4.79 Å². The third kappa shape index (κ3) is 5.86. The fraction of sp³-hybridized carbons (Fsp3) is 0.417. The summed E-state index contributed by atoms with van der Waals surface area (Å²) in [6.07, 6.45) is 0.508. The Labute approximate surface area is 92.5 Å². The van der Waals surface area contributed by atoms with Gasteiger partial charge < -0.3 is 11.5 Å². The van der Waals surface area contributed by atoms with E-state index in [9.17, 15) is 4.79 Å². The lowest BCUT2D eigenvalue weighted by Crippen LogP contribution is -2.01. The molecule has 0 heterocycles. The van der Waals surface area contributed by atoms with Gasteiger partial charge in [0.2, 0.25) is 0 Å². The lowest BCUT2D eigenvalue weighted by molar-refractivity contribution is 0.0989. The van der Waals surface area contributed by atoms with E-state index >= 15 is 0 Å². The molecule has 0 amide bonds. The molecule has 0 aliphatic heterocycles. The Hall–Kier alpha value is -1.35. The highest BCUT2D eigenvalue weighted by molar-refractivity contribution is 6.00. The molecule has 0 bridgehead atoms. The fourth-order valence-electron chi connectivity index (χ4n) is 0.941. The number of carbonyl (C=O) groups is 1. The van der Waals surface area contributed by atoms with E-state index in [4.69, 9.17) is 5.73 Å². The van der Waals surface area contributed by atoms with Crippen LogP contribution in [0.3, 0.4) is 0 Å². The van der Waals surface area contributed by atoms with E-state index in [1.165, 1.54) is 7.05 Å². The molecule has 0 saturated carbocycles. The molecule has 1 rings (SSSR count). The van der Waals surface area contributed by atoms with Gasteiger partial charge in [-0.1, -0.05) is 32.9 Å². The summed E-state index contributed by atoms with van der Waals surface area (Å²) in [4.78, 5) is 11.2. The van der Waals surface area contributed by atoms with Gasteiger partial charge in [-0.05, 0) is 19.2 Å². The van der Waals surface area contributed by atoms with Gasteiger partial charge in [-0.15, -0.1) is 0 Å². The van der Waals surface area contributed by atoms with Gasteiger partial charge in [-0.25, -0.2) is 0 Å². The topological polar surface area (TPSA) is 69.1 Å². The number of nitrogen functional groups attached to an aromatic ring is 1. The van der Waals surface area contributed by atoms with Crippen molar-refractivity contribution in [2.24, 2.45) is 5.73 Å². The minimum Gasteiger partial charge on any atom is -0.398 e. The third-order valence-corrected chi connectivity index (χ3v) is 1.58. The highest BCUT2D eigenvalue weighted by atomic mass is 16.1. The Balaban J connectivity index is 0. The first-order valence-corrected chi connectivity index (χ1v) is 5.21. The van der Waals surface area contributed by atoms with Crippen molar-refractivity contribution in [2.75, 3.05) is 12.8 Å². The Kier molecular flexibility index (Phi) is 11.5. The predicted octanol–water partition coefficient (Wildman–Crippen LogP) is 2.46. The van der Waals surface area contributed by atoms with Crippen LogP contribution in [-0.2, 0) is 0 Å². The Morgan fingerprint density at radius 1 is 1.20 bits per heavy atom. The van der Waals surface area contributed by atoms with E-state index in [-0.39, 0.29) is 5.78 Å². The van der Waals surface area contributed by atoms with E-state index in [1.54, 1.807) is 12.1 Å². The van der Waals surface area contributed by atoms with Crippen LogP contribution in [0.2, 0.25) is 0 Å². The van der Waals surface area contributed by atoms with Gasteiger partial charge in [-0.2, -0.15) is 0 Å². The van der Waals surface area contributed by atoms with Crippen LogP contribution in [-0.4, -0.2) is 12.8 Å². The summed E-state index contributed by atoms with van der Waals surface area (Å²) in [6, 6.07) is 7.13. The molecule has 0 fully saturated rings. The summed E-state index contributed by atoms with van der Waals surface area (Å²) in [7, 11) is 1.50. The SMILES string of the molecule is CC.CCC(=O)c1ccccc1N.CN. The Bertz CT molecular complexity index is 272. The molecule has 0 spiro atoms. The van der Waals surface area contributed by atoms with Crippen molar-refractivity contribution in [3.8, 4) is 0 Å². The summed E-state index contributed by atoms with van der Waals surface area (Å²) in [5, 5.41) is 0. The van der Waals surface area contributed by atoms with Gasteiger partial charge in [0.1, 0.15) is 0 Å². The van der Waals surface area contributed by atoms with Crippen LogP contribution in [0.5, 0.6) is 0 Å². The first-order valence-electron chi connectivity index (χ1n) is 5.21. The zero-order valence-corrected chi connectivity index (χ0v) is 10.1. The lowest BCUT2D eigenvalue weighted by atomic mass is 10.1. The second-order valence-electron chi connectivity index (χ2n) is 2.36.